The number of rotatable bonds is 6. The average molecular weight is 422 g/mol. The van der Waals surface area contributed by atoms with E-state index in [9.17, 15) is 24.3 Å². The molecular formula is C22H20N3O6-. The van der Waals surface area contributed by atoms with Crippen LogP contribution in [0.1, 0.15) is 16.8 Å². The third-order valence-electron chi connectivity index (χ3n) is 5.34. The smallest absolute Gasteiger partial charge is 0.256 e. The summed E-state index contributed by atoms with van der Waals surface area (Å²) < 4.78 is 4.73. The molecule has 0 aromatic heterocycles. The Bertz CT molecular complexity index is 1040. The largest absolute Gasteiger partial charge is 0.548 e. The average Bonchev–Trinajstić information content (AvgIpc) is 3.13. The van der Waals surface area contributed by atoms with E-state index < -0.39 is 43.1 Å². The van der Waals surface area contributed by atoms with Gasteiger partial charge in [0.15, 0.2) is 0 Å². The summed E-state index contributed by atoms with van der Waals surface area (Å²) in [6.07, 6.45) is 0.393. The lowest BCUT2D eigenvalue weighted by Crippen LogP contribution is -2.52. The number of hydrogen-bond donors (Lipinski definition) is 2. The minimum atomic E-state index is -1.43. The van der Waals surface area contributed by atoms with Crippen LogP contribution < -0.4 is 15.7 Å². The zero-order valence-electron chi connectivity index (χ0n) is 16.5. The van der Waals surface area contributed by atoms with Crippen LogP contribution in [0.15, 0.2) is 48.5 Å². The monoisotopic (exact) mass is 422 g/mol. The Morgan fingerprint density at radius 3 is 2.61 bits per heavy atom. The number of hydrogen-bond acceptors (Lipinski definition) is 6. The summed E-state index contributed by atoms with van der Waals surface area (Å²) >= 11 is 0. The van der Waals surface area contributed by atoms with Gasteiger partial charge in [0, 0.05) is 6.54 Å². The highest BCUT2D eigenvalue weighted by molar-refractivity contribution is 6.11. The van der Waals surface area contributed by atoms with E-state index in [0.29, 0.717) is 24.2 Å². The molecule has 1 fully saturated rings. The molecule has 0 aliphatic carbocycles. The van der Waals surface area contributed by atoms with Crippen LogP contribution in [0.3, 0.4) is 0 Å². The van der Waals surface area contributed by atoms with Gasteiger partial charge < -0.3 is 30.2 Å². The predicted molar refractivity (Wildman–Crippen MR) is 108 cm³/mol. The number of nitrogens with one attached hydrogen (secondary N) is 2. The van der Waals surface area contributed by atoms with Crippen LogP contribution in [-0.4, -0.2) is 60.4 Å². The number of amides is 3. The van der Waals surface area contributed by atoms with E-state index in [2.05, 4.69) is 10.6 Å². The third kappa shape index (κ3) is 4.26. The van der Waals surface area contributed by atoms with Gasteiger partial charge in [-0.25, -0.2) is 0 Å². The van der Waals surface area contributed by atoms with Crippen molar-refractivity contribution in [1.29, 1.82) is 0 Å². The van der Waals surface area contributed by atoms with Crippen molar-refractivity contribution in [1.82, 2.24) is 10.2 Å². The molecule has 3 amide bonds. The number of benzene rings is 2. The molecule has 9 nitrogen and oxygen atoms in total. The Kier molecular flexibility index (Phi) is 5.68. The van der Waals surface area contributed by atoms with E-state index in [-0.39, 0.29) is 5.91 Å². The van der Waals surface area contributed by atoms with Gasteiger partial charge in [0.1, 0.15) is 12.6 Å². The van der Waals surface area contributed by atoms with Crippen LogP contribution in [0.5, 0.6) is 0 Å². The highest BCUT2D eigenvalue weighted by Gasteiger charge is 2.45. The molecule has 0 radical (unpaired) electrons. The molecule has 4 rings (SSSR count). The summed E-state index contributed by atoms with van der Waals surface area (Å²) in [7, 11) is 0. The Morgan fingerprint density at radius 1 is 1.10 bits per heavy atom. The molecule has 2 aliphatic heterocycles. The van der Waals surface area contributed by atoms with Gasteiger partial charge in [-0.2, -0.15) is 0 Å². The SMILES string of the molecule is O=C([O-])COCC(=O)N[C@H]1CCN2C(=O)c3cc(-c4ccccc4)ccc3NC(=O)[C@H]12. The normalized spacial score (nSPS) is 19.8. The molecule has 2 aliphatic rings. The van der Waals surface area contributed by atoms with Crippen LogP contribution in [-0.2, 0) is 19.1 Å². The fourth-order valence-corrected chi connectivity index (χ4v) is 3.97. The first-order chi connectivity index (χ1) is 14.9. The van der Waals surface area contributed by atoms with Gasteiger partial charge in [-0.15, -0.1) is 0 Å². The minimum absolute atomic E-state index is 0.291. The van der Waals surface area contributed by atoms with Crippen LogP contribution in [0.2, 0.25) is 0 Å². The van der Waals surface area contributed by atoms with Crippen molar-refractivity contribution >= 4 is 29.4 Å². The maximum absolute atomic E-state index is 13.2. The quantitative estimate of drug-likeness (QED) is 0.662. The van der Waals surface area contributed by atoms with Crippen molar-refractivity contribution in [3.05, 3.63) is 54.1 Å². The van der Waals surface area contributed by atoms with Gasteiger partial charge in [-0.3, -0.25) is 14.4 Å². The second-order valence-electron chi connectivity index (χ2n) is 7.39. The summed E-state index contributed by atoms with van der Waals surface area (Å²) in [5.74, 6) is -2.68. The van der Waals surface area contributed by atoms with E-state index in [0.717, 1.165) is 11.1 Å². The highest BCUT2D eigenvalue weighted by atomic mass is 16.5. The number of carbonyl (C=O) groups is 4. The standard InChI is InChI=1S/C22H21N3O6/c26-18(11-31-12-19(27)28)23-17-8-9-25-20(17)21(29)24-16-7-6-14(10-15(16)22(25)30)13-4-2-1-3-5-13/h1-7,10,17,20H,8-9,11-12H2,(H,23,26)(H,24,29)(H,27,28)/p-1/t17-,20-/m0/s1. The number of nitrogens with zero attached hydrogens (tertiary/aromatic N) is 1. The van der Waals surface area contributed by atoms with Crippen molar-refractivity contribution in [3.63, 3.8) is 0 Å². The molecule has 160 valence electrons. The molecule has 31 heavy (non-hydrogen) atoms. The molecule has 1 saturated heterocycles. The minimum Gasteiger partial charge on any atom is -0.548 e. The number of carboxylic acid groups (broad SMARTS) is 1. The molecule has 0 unspecified atom stereocenters. The first-order valence-electron chi connectivity index (χ1n) is 9.82. The Hall–Kier alpha value is -3.72. The van der Waals surface area contributed by atoms with Crippen LogP contribution >= 0.6 is 0 Å². The lowest BCUT2D eigenvalue weighted by molar-refractivity contribution is -0.309. The van der Waals surface area contributed by atoms with Gasteiger partial charge in [0.2, 0.25) is 11.8 Å². The lowest BCUT2D eigenvalue weighted by atomic mass is 10.0. The molecule has 2 aromatic carbocycles. The van der Waals surface area contributed by atoms with Crippen LogP contribution in [0, 0.1) is 0 Å². The third-order valence-corrected chi connectivity index (χ3v) is 5.34. The number of aliphatic carboxylic acids is 1. The molecule has 0 bridgehead atoms. The maximum atomic E-state index is 13.2. The molecule has 0 spiro atoms. The fraction of sp³-hybridized carbons (Fsp3) is 0.273. The first-order valence-corrected chi connectivity index (χ1v) is 9.82. The summed E-state index contributed by atoms with van der Waals surface area (Å²) in [5.41, 5.74) is 2.62. The second kappa shape index (κ2) is 8.57. The molecular weight excluding hydrogens is 402 g/mol. The topological polar surface area (TPSA) is 128 Å². The molecule has 0 saturated carbocycles. The summed E-state index contributed by atoms with van der Waals surface area (Å²) in [5, 5.41) is 15.8. The van der Waals surface area contributed by atoms with Crippen molar-refractivity contribution in [2.75, 3.05) is 25.1 Å². The zero-order chi connectivity index (χ0) is 22.0. The van der Waals surface area contributed by atoms with Gasteiger partial charge in [0.05, 0.1) is 29.9 Å². The summed E-state index contributed by atoms with van der Waals surface area (Å²) in [4.78, 5) is 50.0. The van der Waals surface area contributed by atoms with E-state index in [1.807, 2.05) is 36.4 Å². The zero-order valence-corrected chi connectivity index (χ0v) is 16.5. The number of carbonyl (C=O) groups excluding carboxylic acids is 4. The van der Waals surface area contributed by atoms with Gasteiger partial charge in [-0.05, 0) is 29.7 Å². The van der Waals surface area contributed by atoms with E-state index in [4.69, 9.17) is 4.74 Å². The van der Waals surface area contributed by atoms with Crippen molar-refractivity contribution < 1.29 is 29.0 Å². The van der Waals surface area contributed by atoms with Gasteiger partial charge >= 0.3 is 0 Å². The Morgan fingerprint density at radius 2 is 1.87 bits per heavy atom. The number of carboxylic acids is 1. The van der Waals surface area contributed by atoms with Gasteiger partial charge in [-0.1, -0.05) is 36.4 Å². The van der Waals surface area contributed by atoms with Crippen LogP contribution in [0.4, 0.5) is 5.69 Å². The fourth-order valence-electron chi connectivity index (χ4n) is 3.97. The van der Waals surface area contributed by atoms with E-state index in [1.165, 1.54) is 4.90 Å². The van der Waals surface area contributed by atoms with Crippen LogP contribution in [0.25, 0.3) is 11.1 Å². The molecule has 9 heteroatoms. The van der Waals surface area contributed by atoms with Crippen molar-refractivity contribution in [2.24, 2.45) is 0 Å². The number of ether oxygens (including phenoxy) is 1. The summed E-state index contributed by atoms with van der Waals surface area (Å²) in [6, 6.07) is 13.4. The van der Waals surface area contributed by atoms with Gasteiger partial charge in [0.25, 0.3) is 5.91 Å². The van der Waals surface area contributed by atoms with E-state index >= 15 is 0 Å². The number of fused-ring (bicyclic) bond motifs is 2. The maximum Gasteiger partial charge on any atom is 0.256 e. The second-order valence-corrected chi connectivity index (χ2v) is 7.39. The molecule has 2 N–H and O–H groups in total. The molecule has 2 heterocycles. The Balaban J connectivity index is 1.53. The highest BCUT2D eigenvalue weighted by Crippen LogP contribution is 2.32. The number of anilines is 1. The Labute approximate surface area is 178 Å². The van der Waals surface area contributed by atoms with Crippen molar-refractivity contribution in [3.8, 4) is 11.1 Å². The van der Waals surface area contributed by atoms with Crippen molar-refractivity contribution in [2.45, 2.75) is 18.5 Å². The molecule has 2 aromatic rings. The predicted octanol–water partition coefficient (Wildman–Crippen LogP) is -0.228. The van der Waals surface area contributed by atoms with E-state index in [1.54, 1.807) is 12.1 Å². The lowest BCUT2D eigenvalue weighted by Gasteiger charge is -2.25. The molecule has 2 atom stereocenters. The summed E-state index contributed by atoms with van der Waals surface area (Å²) in [6.45, 7) is -0.879. The first kappa shape index (κ1) is 20.5.